The lowest BCUT2D eigenvalue weighted by Gasteiger charge is -2.40. The highest BCUT2D eigenvalue weighted by Crippen LogP contribution is 2.21. The Hall–Kier alpha value is -0.840. The number of rotatable bonds is 13. The number of ether oxygens (including phenoxy) is 2. The van der Waals surface area contributed by atoms with Crippen LogP contribution in [0.4, 0.5) is 0 Å². The van der Waals surface area contributed by atoms with Gasteiger partial charge in [0.25, 0.3) is 0 Å². The molecular weight excluding hydrogens is 552 g/mol. The molecule has 0 bridgehead atoms. The molecule has 2 amide bonds. The van der Waals surface area contributed by atoms with Crippen LogP contribution in [0.5, 0.6) is 0 Å². The lowest BCUT2D eigenvalue weighted by atomic mass is 9.97. The van der Waals surface area contributed by atoms with Gasteiger partial charge in [-0.05, 0) is 0 Å². The van der Waals surface area contributed by atoms with Gasteiger partial charge in [0.1, 0.15) is 48.7 Å². The van der Waals surface area contributed by atoms with E-state index >= 15 is 0 Å². The number of nitrogens with one attached hydrogen (secondary N) is 4. The molecule has 2 aliphatic rings. The van der Waals surface area contributed by atoms with Gasteiger partial charge in [-0.2, -0.15) is 25.3 Å². The molecular formula is C20H38N4O12S2. The highest BCUT2D eigenvalue weighted by atomic mass is 32.1. The van der Waals surface area contributed by atoms with Gasteiger partial charge in [-0.1, -0.05) is 0 Å². The van der Waals surface area contributed by atoms with E-state index in [-0.39, 0.29) is 24.6 Å². The van der Waals surface area contributed by atoms with Crippen molar-refractivity contribution in [3.05, 3.63) is 0 Å². The van der Waals surface area contributed by atoms with Crippen molar-refractivity contribution < 1.29 is 59.9 Å². The van der Waals surface area contributed by atoms with Gasteiger partial charge in [-0.25, -0.2) is 0 Å². The van der Waals surface area contributed by atoms with Crippen LogP contribution in [0.3, 0.4) is 0 Å². The summed E-state index contributed by atoms with van der Waals surface area (Å²) in [5.41, 5.74) is 0. The van der Waals surface area contributed by atoms with Crippen molar-refractivity contribution in [1.82, 2.24) is 21.3 Å². The number of aliphatic hydroxyl groups excluding tert-OH is 8. The molecule has 0 aliphatic carbocycles. The van der Waals surface area contributed by atoms with Gasteiger partial charge in [0.2, 0.25) is 11.8 Å². The van der Waals surface area contributed by atoms with E-state index in [0.717, 1.165) is 0 Å². The predicted octanol–water partition coefficient (Wildman–Crippen LogP) is -7.41. The zero-order valence-electron chi connectivity index (χ0n) is 20.3. The van der Waals surface area contributed by atoms with Gasteiger partial charge < -0.3 is 71.6 Å². The van der Waals surface area contributed by atoms with E-state index in [1.807, 2.05) is 0 Å². The van der Waals surface area contributed by atoms with Gasteiger partial charge in [-0.3, -0.25) is 9.59 Å². The van der Waals surface area contributed by atoms with Crippen molar-refractivity contribution >= 4 is 37.1 Å². The lowest BCUT2D eigenvalue weighted by Crippen LogP contribution is -2.66. The Bertz CT molecular complexity index is 701. The molecule has 0 aromatic carbocycles. The van der Waals surface area contributed by atoms with Crippen LogP contribution in [-0.2, 0) is 19.1 Å². The molecule has 0 saturated carbocycles. The van der Waals surface area contributed by atoms with Crippen molar-refractivity contribution in [2.45, 2.75) is 73.4 Å². The number of aliphatic hydroxyl groups is 8. The zero-order valence-corrected chi connectivity index (χ0v) is 22.1. The topological polar surface area (TPSA) is 263 Å². The van der Waals surface area contributed by atoms with Crippen LogP contribution in [0.2, 0.25) is 0 Å². The Balaban J connectivity index is 1.82. The standard InChI is InChI=1S/C20H38N4O12S2/c25-3-9-13(27)15(29)11(19(33)35-9)23-17(31)7(5-37)21-1-2-22-8(6-38)18(32)24-12-16(30)14(28)10(4-26)36-20(12)34/h7-16,19-22,25-30,33-34,37-38H,1-6H2,(H,23,31)(H,24,32). The minimum Gasteiger partial charge on any atom is -0.394 e. The highest BCUT2D eigenvalue weighted by Gasteiger charge is 2.46. The van der Waals surface area contributed by atoms with Crippen molar-refractivity contribution in [3.63, 3.8) is 0 Å². The monoisotopic (exact) mass is 590 g/mol. The minimum absolute atomic E-state index is 0.0124. The van der Waals surface area contributed by atoms with Crippen molar-refractivity contribution in [2.75, 3.05) is 37.8 Å². The third-order valence-corrected chi connectivity index (χ3v) is 7.05. The first-order valence-electron chi connectivity index (χ1n) is 11.9. The van der Waals surface area contributed by atoms with Gasteiger partial charge in [0.05, 0.1) is 25.3 Å². The molecule has 2 saturated heterocycles. The lowest BCUT2D eigenvalue weighted by molar-refractivity contribution is -0.254. The van der Waals surface area contributed by atoms with E-state index in [4.69, 9.17) is 19.7 Å². The molecule has 18 heteroatoms. The summed E-state index contributed by atoms with van der Waals surface area (Å²) < 4.78 is 10.0. The second-order valence-corrected chi connectivity index (χ2v) is 9.64. The third-order valence-electron chi connectivity index (χ3n) is 6.32. The summed E-state index contributed by atoms with van der Waals surface area (Å²) in [6.07, 6.45) is -12.0. The molecule has 12 atom stereocenters. The smallest absolute Gasteiger partial charge is 0.238 e. The molecule has 0 spiro atoms. The second kappa shape index (κ2) is 15.8. The third kappa shape index (κ3) is 8.33. The van der Waals surface area contributed by atoms with Crippen LogP contribution in [0, 0.1) is 0 Å². The predicted molar refractivity (Wildman–Crippen MR) is 135 cm³/mol. The molecule has 0 radical (unpaired) electrons. The summed E-state index contributed by atoms with van der Waals surface area (Å²) in [4.78, 5) is 25.2. The molecule has 2 fully saturated rings. The summed E-state index contributed by atoms with van der Waals surface area (Å²) >= 11 is 8.23. The zero-order chi connectivity index (χ0) is 28.6. The van der Waals surface area contributed by atoms with Crippen LogP contribution < -0.4 is 21.3 Å². The number of amides is 2. The first-order valence-corrected chi connectivity index (χ1v) is 13.2. The summed E-state index contributed by atoms with van der Waals surface area (Å²) in [6.45, 7) is -0.994. The molecule has 16 nitrogen and oxygen atoms in total. The Morgan fingerprint density at radius 1 is 0.658 bits per heavy atom. The maximum Gasteiger partial charge on any atom is 0.238 e. The van der Waals surface area contributed by atoms with E-state index in [1.165, 1.54) is 0 Å². The van der Waals surface area contributed by atoms with E-state index in [9.17, 15) is 40.2 Å². The number of hydrogen-bond donors (Lipinski definition) is 14. The number of carbonyl (C=O) groups excluding carboxylic acids is 2. The molecule has 12 unspecified atom stereocenters. The number of hydrogen-bond acceptors (Lipinski definition) is 16. The van der Waals surface area contributed by atoms with Crippen LogP contribution in [-0.4, -0.2) is 164 Å². The first-order chi connectivity index (χ1) is 18.0. The SMILES string of the molecule is O=C(NC1C(O)OC(CO)C(O)C1O)C(CS)NCCNC(CS)C(=O)NC1C(O)OC(CO)C(O)C1O. The Kier molecular flexibility index (Phi) is 13.9. The van der Waals surface area contributed by atoms with Crippen LogP contribution >= 0.6 is 25.3 Å². The second-order valence-electron chi connectivity index (χ2n) is 8.91. The first kappa shape index (κ1) is 33.4. The molecule has 2 aliphatic heterocycles. The highest BCUT2D eigenvalue weighted by molar-refractivity contribution is 7.80. The van der Waals surface area contributed by atoms with E-state index in [0.29, 0.717) is 0 Å². The summed E-state index contributed by atoms with van der Waals surface area (Å²) in [5.74, 6) is -1.30. The maximum atomic E-state index is 12.6. The fourth-order valence-corrected chi connectivity index (χ4v) is 4.60. The van der Waals surface area contributed by atoms with Crippen LogP contribution in [0.1, 0.15) is 0 Å². The molecule has 0 aromatic rings. The number of thiol groups is 2. The van der Waals surface area contributed by atoms with Gasteiger partial charge in [0, 0.05) is 24.6 Å². The van der Waals surface area contributed by atoms with E-state index in [2.05, 4.69) is 46.5 Å². The van der Waals surface area contributed by atoms with Crippen molar-refractivity contribution in [1.29, 1.82) is 0 Å². The quantitative estimate of drug-likeness (QED) is 0.0702. The van der Waals surface area contributed by atoms with Gasteiger partial charge in [0.15, 0.2) is 12.6 Å². The van der Waals surface area contributed by atoms with E-state index in [1.54, 1.807) is 0 Å². The summed E-state index contributed by atoms with van der Waals surface area (Å²) in [6, 6.07) is -4.52. The maximum absolute atomic E-state index is 12.6. The van der Waals surface area contributed by atoms with Crippen LogP contribution in [0.15, 0.2) is 0 Å². The Morgan fingerprint density at radius 3 is 1.29 bits per heavy atom. The van der Waals surface area contributed by atoms with Crippen molar-refractivity contribution in [3.8, 4) is 0 Å². The minimum atomic E-state index is -1.67. The molecule has 222 valence electrons. The van der Waals surface area contributed by atoms with Crippen LogP contribution in [0.25, 0.3) is 0 Å². The largest absolute Gasteiger partial charge is 0.394 e. The average molecular weight is 591 g/mol. The Labute approximate surface area is 229 Å². The molecule has 2 heterocycles. The molecule has 0 aromatic heterocycles. The fraction of sp³-hybridized carbons (Fsp3) is 0.900. The van der Waals surface area contributed by atoms with Gasteiger partial charge in [-0.15, -0.1) is 0 Å². The van der Waals surface area contributed by atoms with Crippen molar-refractivity contribution in [2.24, 2.45) is 0 Å². The average Bonchev–Trinajstić information content (AvgIpc) is 2.90. The summed E-state index contributed by atoms with van der Waals surface area (Å²) in [5, 5.41) is 89.2. The molecule has 38 heavy (non-hydrogen) atoms. The molecule has 12 N–H and O–H groups in total. The normalized spacial score (nSPS) is 37.3. The van der Waals surface area contributed by atoms with Gasteiger partial charge >= 0.3 is 0 Å². The van der Waals surface area contributed by atoms with E-state index < -0.39 is 98.4 Å². The Morgan fingerprint density at radius 2 is 1.00 bits per heavy atom. The summed E-state index contributed by atoms with van der Waals surface area (Å²) in [7, 11) is 0. The number of carbonyl (C=O) groups is 2. The fourth-order valence-electron chi connectivity index (χ4n) is 4.01. The molecule has 2 rings (SSSR count).